The number of amides is 1. The van der Waals surface area contributed by atoms with Crippen LogP contribution in [0, 0.1) is 11.3 Å². The third-order valence-corrected chi connectivity index (χ3v) is 4.55. The second-order valence-electron chi connectivity index (χ2n) is 7.65. The summed E-state index contributed by atoms with van der Waals surface area (Å²) in [5.74, 6) is 0.887. The zero-order valence-electron chi connectivity index (χ0n) is 13.0. The van der Waals surface area contributed by atoms with Crippen LogP contribution >= 0.6 is 0 Å². The lowest BCUT2D eigenvalue weighted by Gasteiger charge is -2.40. The van der Waals surface area contributed by atoms with Gasteiger partial charge in [-0.3, -0.25) is 9.69 Å². The molecule has 0 aromatic carbocycles. The van der Waals surface area contributed by atoms with Crippen LogP contribution in [0.4, 0.5) is 0 Å². The monoisotopic (exact) mass is 266 g/mol. The molecule has 110 valence electrons. The number of nitrogens with zero attached hydrogens (tertiary/aromatic N) is 1. The summed E-state index contributed by atoms with van der Waals surface area (Å²) in [7, 11) is 0. The molecule has 2 rings (SSSR count). The van der Waals surface area contributed by atoms with Crippen LogP contribution < -0.4 is 5.32 Å². The number of hydrogen-bond donors (Lipinski definition) is 1. The molecule has 2 unspecified atom stereocenters. The van der Waals surface area contributed by atoms with Gasteiger partial charge in [-0.25, -0.2) is 0 Å². The predicted octanol–water partition coefficient (Wildman–Crippen LogP) is 2.80. The van der Waals surface area contributed by atoms with Crippen LogP contribution in [0.15, 0.2) is 0 Å². The van der Waals surface area contributed by atoms with E-state index in [1.807, 2.05) is 20.8 Å². The predicted molar refractivity (Wildman–Crippen MR) is 79.0 cm³/mol. The highest BCUT2D eigenvalue weighted by Gasteiger charge is 2.33. The summed E-state index contributed by atoms with van der Waals surface area (Å²) >= 11 is 0. The molecule has 2 aliphatic rings. The highest BCUT2D eigenvalue weighted by atomic mass is 16.2. The molecule has 0 spiro atoms. The maximum Gasteiger partial charge on any atom is 0.225 e. The first-order valence-electron chi connectivity index (χ1n) is 7.91. The summed E-state index contributed by atoms with van der Waals surface area (Å²) < 4.78 is 0. The molecular weight excluding hydrogens is 236 g/mol. The number of nitrogens with one attached hydrogen (secondary N) is 1. The summed E-state index contributed by atoms with van der Waals surface area (Å²) in [6, 6.07) is 1.12. The van der Waals surface area contributed by atoms with Gasteiger partial charge in [0.05, 0.1) is 0 Å². The van der Waals surface area contributed by atoms with Gasteiger partial charge in [0.1, 0.15) is 0 Å². The van der Waals surface area contributed by atoms with E-state index in [1.165, 1.54) is 32.2 Å². The van der Waals surface area contributed by atoms with Crippen molar-refractivity contribution in [3.05, 3.63) is 0 Å². The first kappa shape index (κ1) is 14.8. The first-order chi connectivity index (χ1) is 8.86. The summed E-state index contributed by atoms with van der Waals surface area (Å²) in [6.07, 6.45) is 6.60. The summed E-state index contributed by atoms with van der Waals surface area (Å²) in [4.78, 5) is 14.8. The Kier molecular flexibility index (Phi) is 4.54. The van der Waals surface area contributed by atoms with Crippen LogP contribution in [-0.2, 0) is 4.79 Å². The van der Waals surface area contributed by atoms with E-state index in [4.69, 9.17) is 0 Å². The number of likely N-dealkylation sites (tertiary alicyclic amines) is 1. The fourth-order valence-electron chi connectivity index (χ4n) is 3.47. The number of carbonyl (C=O) groups is 1. The second-order valence-corrected chi connectivity index (χ2v) is 7.65. The number of rotatable bonds is 2. The standard InChI is InChI=1S/C16H30N2O/c1-12-9-13(17-15(19)16(2,3)4)11-18(10-12)14-7-5-6-8-14/h12-14H,5-11H2,1-4H3,(H,17,19). The number of piperidine rings is 1. The molecule has 1 heterocycles. The van der Waals surface area contributed by atoms with E-state index < -0.39 is 0 Å². The summed E-state index contributed by atoms with van der Waals surface area (Å²) in [5, 5.41) is 3.26. The molecule has 0 bridgehead atoms. The van der Waals surface area contributed by atoms with Crippen molar-refractivity contribution in [2.45, 2.75) is 71.9 Å². The van der Waals surface area contributed by atoms with Gasteiger partial charge in [-0.15, -0.1) is 0 Å². The molecule has 2 atom stereocenters. The van der Waals surface area contributed by atoms with Crippen molar-refractivity contribution in [2.75, 3.05) is 13.1 Å². The molecule has 1 saturated carbocycles. The van der Waals surface area contributed by atoms with Gasteiger partial charge in [0, 0.05) is 30.6 Å². The minimum atomic E-state index is -0.279. The van der Waals surface area contributed by atoms with Gasteiger partial charge in [0.2, 0.25) is 5.91 Å². The van der Waals surface area contributed by atoms with Crippen LogP contribution in [0.2, 0.25) is 0 Å². The molecule has 1 aliphatic carbocycles. The van der Waals surface area contributed by atoms with Gasteiger partial charge in [-0.2, -0.15) is 0 Å². The third-order valence-electron chi connectivity index (χ3n) is 4.55. The quantitative estimate of drug-likeness (QED) is 0.833. The Morgan fingerprint density at radius 3 is 2.37 bits per heavy atom. The zero-order chi connectivity index (χ0) is 14.0. The van der Waals surface area contributed by atoms with Crippen molar-refractivity contribution in [3.63, 3.8) is 0 Å². The van der Waals surface area contributed by atoms with Crippen molar-refractivity contribution >= 4 is 5.91 Å². The van der Waals surface area contributed by atoms with Crippen molar-refractivity contribution < 1.29 is 4.79 Å². The van der Waals surface area contributed by atoms with Crippen molar-refractivity contribution in [1.29, 1.82) is 0 Å². The summed E-state index contributed by atoms with van der Waals surface area (Å²) in [6.45, 7) is 10.6. The van der Waals surface area contributed by atoms with Crippen molar-refractivity contribution in [2.24, 2.45) is 11.3 Å². The Hall–Kier alpha value is -0.570. The first-order valence-corrected chi connectivity index (χ1v) is 7.91. The molecule has 0 aromatic heterocycles. The molecule has 1 amide bonds. The van der Waals surface area contributed by atoms with Gasteiger partial charge in [0.15, 0.2) is 0 Å². The van der Waals surface area contributed by atoms with Gasteiger partial charge in [0.25, 0.3) is 0 Å². The molecule has 1 aliphatic heterocycles. The lowest BCUT2D eigenvalue weighted by Crippen LogP contribution is -2.54. The van der Waals surface area contributed by atoms with Crippen LogP contribution in [0.3, 0.4) is 0 Å². The highest BCUT2D eigenvalue weighted by Crippen LogP contribution is 2.28. The Balaban J connectivity index is 1.92. The van der Waals surface area contributed by atoms with Crippen LogP contribution in [-0.4, -0.2) is 36.0 Å². The van der Waals surface area contributed by atoms with E-state index in [0.29, 0.717) is 12.0 Å². The van der Waals surface area contributed by atoms with Crippen LogP contribution in [0.25, 0.3) is 0 Å². The third kappa shape index (κ3) is 3.95. The summed E-state index contributed by atoms with van der Waals surface area (Å²) in [5.41, 5.74) is -0.279. The van der Waals surface area contributed by atoms with E-state index in [0.717, 1.165) is 19.0 Å². The Morgan fingerprint density at radius 2 is 1.79 bits per heavy atom. The van der Waals surface area contributed by atoms with Crippen molar-refractivity contribution in [1.82, 2.24) is 10.2 Å². The minimum Gasteiger partial charge on any atom is -0.352 e. The molecule has 1 saturated heterocycles. The van der Waals surface area contributed by atoms with E-state index in [2.05, 4.69) is 17.1 Å². The SMILES string of the molecule is CC1CC(NC(=O)C(C)(C)C)CN(C2CCCC2)C1. The largest absolute Gasteiger partial charge is 0.352 e. The molecule has 0 aromatic rings. The molecular formula is C16H30N2O. The molecule has 2 fully saturated rings. The fourth-order valence-corrected chi connectivity index (χ4v) is 3.47. The van der Waals surface area contributed by atoms with E-state index >= 15 is 0 Å². The van der Waals surface area contributed by atoms with E-state index in [1.54, 1.807) is 0 Å². The van der Waals surface area contributed by atoms with Gasteiger partial charge < -0.3 is 5.32 Å². The average Bonchev–Trinajstić information content (AvgIpc) is 2.80. The average molecular weight is 266 g/mol. The Bertz CT molecular complexity index is 315. The molecule has 0 radical (unpaired) electrons. The lowest BCUT2D eigenvalue weighted by molar-refractivity contribution is -0.129. The maximum atomic E-state index is 12.1. The van der Waals surface area contributed by atoms with Crippen LogP contribution in [0.5, 0.6) is 0 Å². The topological polar surface area (TPSA) is 32.3 Å². The fraction of sp³-hybridized carbons (Fsp3) is 0.938. The van der Waals surface area contributed by atoms with Crippen LogP contribution in [0.1, 0.15) is 59.8 Å². The van der Waals surface area contributed by atoms with Gasteiger partial charge in [-0.1, -0.05) is 40.5 Å². The lowest BCUT2D eigenvalue weighted by atomic mass is 9.91. The normalized spacial score (nSPS) is 30.5. The minimum absolute atomic E-state index is 0.193. The zero-order valence-corrected chi connectivity index (χ0v) is 13.0. The molecule has 19 heavy (non-hydrogen) atoms. The van der Waals surface area contributed by atoms with Crippen molar-refractivity contribution in [3.8, 4) is 0 Å². The maximum absolute atomic E-state index is 12.1. The second kappa shape index (κ2) is 5.82. The molecule has 1 N–H and O–H groups in total. The smallest absolute Gasteiger partial charge is 0.225 e. The molecule has 3 nitrogen and oxygen atoms in total. The van der Waals surface area contributed by atoms with E-state index in [9.17, 15) is 4.79 Å². The van der Waals surface area contributed by atoms with Gasteiger partial charge >= 0.3 is 0 Å². The molecule has 3 heteroatoms. The Labute approximate surface area is 118 Å². The van der Waals surface area contributed by atoms with E-state index in [-0.39, 0.29) is 11.3 Å². The highest BCUT2D eigenvalue weighted by molar-refractivity contribution is 5.81. The van der Waals surface area contributed by atoms with Gasteiger partial charge in [-0.05, 0) is 25.2 Å². The Morgan fingerprint density at radius 1 is 1.16 bits per heavy atom. The number of hydrogen-bond acceptors (Lipinski definition) is 2. The number of carbonyl (C=O) groups excluding carboxylic acids is 1.